The summed E-state index contributed by atoms with van der Waals surface area (Å²) in [4.78, 5) is 17.3. The summed E-state index contributed by atoms with van der Waals surface area (Å²) in [7, 11) is 1.49. The van der Waals surface area contributed by atoms with Crippen LogP contribution in [0, 0.1) is 5.82 Å². The summed E-state index contributed by atoms with van der Waals surface area (Å²) in [5.74, 6) is -0.0258. The van der Waals surface area contributed by atoms with Crippen molar-refractivity contribution in [2.75, 3.05) is 39.1 Å². The molecule has 2 N–H and O–H groups in total. The number of hydrogen-bond donors (Lipinski definition) is 1. The smallest absolute Gasteiger partial charge is 0.189 e. The number of nitrogens with two attached hydrogens (primary N) is 1. The van der Waals surface area contributed by atoms with Crippen LogP contribution in [0.5, 0.6) is 5.75 Å². The average Bonchev–Trinajstić information content (AvgIpc) is 2.74. The fraction of sp³-hybridized carbons (Fsp3) is 0.348. The van der Waals surface area contributed by atoms with Gasteiger partial charge in [0.1, 0.15) is 11.6 Å². The molecule has 164 valence electrons. The highest BCUT2D eigenvalue weighted by Crippen LogP contribution is 2.30. The summed E-state index contributed by atoms with van der Waals surface area (Å²) < 4.78 is 24.2. The van der Waals surface area contributed by atoms with Crippen LogP contribution < -0.4 is 10.5 Å². The van der Waals surface area contributed by atoms with Crippen LogP contribution in [0.4, 0.5) is 10.1 Å². The number of benzene rings is 2. The molecule has 0 radical (unpaired) electrons. The number of piperazine rings is 1. The van der Waals surface area contributed by atoms with E-state index >= 15 is 0 Å². The topological polar surface area (TPSA) is 68.0 Å². The molecule has 2 aliphatic rings. The van der Waals surface area contributed by atoms with Crippen molar-refractivity contribution in [2.24, 2.45) is 0 Å². The molecule has 2 unspecified atom stereocenters. The lowest BCUT2D eigenvalue weighted by Crippen LogP contribution is -2.63. The Hall–Kier alpha value is -2.61. The van der Waals surface area contributed by atoms with E-state index in [0.717, 1.165) is 25.2 Å². The van der Waals surface area contributed by atoms with Crippen molar-refractivity contribution in [1.29, 1.82) is 0 Å². The van der Waals surface area contributed by atoms with E-state index in [4.69, 9.17) is 26.8 Å². The number of ether oxygens (including phenoxy) is 2. The van der Waals surface area contributed by atoms with Crippen LogP contribution in [0.3, 0.4) is 0 Å². The molecule has 2 aliphatic heterocycles. The molecule has 8 heteroatoms. The monoisotopic (exact) mass is 445 g/mol. The van der Waals surface area contributed by atoms with Gasteiger partial charge >= 0.3 is 0 Å². The second-order valence-corrected chi connectivity index (χ2v) is 8.26. The second-order valence-electron chi connectivity index (χ2n) is 7.85. The third kappa shape index (κ3) is 4.84. The van der Waals surface area contributed by atoms with E-state index in [1.165, 1.54) is 31.4 Å². The normalized spacial score (nSPS) is 21.5. The number of rotatable bonds is 6. The minimum Gasteiger partial charge on any atom is -0.495 e. The van der Waals surface area contributed by atoms with Gasteiger partial charge < -0.3 is 20.1 Å². The molecule has 2 bridgehead atoms. The molecule has 2 fully saturated rings. The van der Waals surface area contributed by atoms with Gasteiger partial charge in [0.25, 0.3) is 0 Å². The highest BCUT2D eigenvalue weighted by molar-refractivity contribution is 6.32. The molecule has 0 amide bonds. The molecule has 2 atom stereocenters. The van der Waals surface area contributed by atoms with Gasteiger partial charge in [0.15, 0.2) is 5.78 Å². The van der Waals surface area contributed by atoms with Crippen molar-refractivity contribution in [2.45, 2.75) is 18.6 Å². The quantitative estimate of drug-likeness (QED) is 0.418. The molecular weight excluding hydrogens is 421 g/mol. The van der Waals surface area contributed by atoms with E-state index < -0.39 is 0 Å². The Morgan fingerprint density at radius 3 is 2.58 bits per heavy atom. The van der Waals surface area contributed by atoms with Crippen LogP contribution in [0.2, 0.25) is 5.02 Å². The van der Waals surface area contributed by atoms with Crippen molar-refractivity contribution >= 4 is 23.1 Å². The molecular formula is C23H25ClFN3O3. The number of methoxy groups -OCH3 is 1. The van der Waals surface area contributed by atoms with Gasteiger partial charge in [-0.15, -0.1) is 0 Å². The van der Waals surface area contributed by atoms with E-state index in [1.54, 1.807) is 6.07 Å². The molecule has 2 saturated heterocycles. The molecule has 6 nitrogen and oxygen atoms in total. The van der Waals surface area contributed by atoms with E-state index in [0.29, 0.717) is 35.2 Å². The standard InChI is InChI=1S/C23H25ClFN3O3/c1-30-23-8-19(21(26)9-20(23)24)22(29)6-7-27-11-17-13-31-14-18(12-27)28(17)10-15-2-4-16(25)5-3-15/h2-9,17-18H,10-14,26H2,1H3. The van der Waals surface area contributed by atoms with E-state index in [2.05, 4.69) is 9.80 Å². The van der Waals surface area contributed by atoms with Gasteiger partial charge in [-0.25, -0.2) is 4.39 Å². The molecule has 0 saturated carbocycles. The summed E-state index contributed by atoms with van der Waals surface area (Å²) in [5, 5.41) is 0.366. The first kappa shape index (κ1) is 21.6. The van der Waals surface area contributed by atoms with Crippen LogP contribution >= 0.6 is 11.6 Å². The third-order valence-corrected chi connectivity index (χ3v) is 6.05. The minimum atomic E-state index is -0.231. The van der Waals surface area contributed by atoms with Crippen molar-refractivity contribution in [3.8, 4) is 5.75 Å². The number of ketones is 1. The van der Waals surface area contributed by atoms with Crippen LogP contribution in [-0.4, -0.2) is 61.1 Å². The molecule has 2 aromatic carbocycles. The molecule has 2 aromatic rings. The molecule has 0 aliphatic carbocycles. The Morgan fingerprint density at radius 1 is 1.26 bits per heavy atom. The van der Waals surface area contributed by atoms with Gasteiger partial charge in [-0.2, -0.15) is 0 Å². The number of hydrogen-bond acceptors (Lipinski definition) is 6. The lowest BCUT2D eigenvalue weighted by Gasteiger charge is -2.49. The van der Waals surface area contributed by atoms with Crippen molar-refractivity contribution in [3.63, 3.8) is 0 Å². The van der Waals surface area contributed by atoms with Gasteiger partial charge in [-0.1, -0.05) is 23.7 Å². The summed E-state index contributed by atoms with van der Waals surface area (Å²) in [6, 6.07) is 10.1. The fourth-order valence-corrected chi connectivity index (χ4v) is 4.39. The zero-order valence-electron chi connectivity index (χ0n) is 17.3. The largest absolute Gasteiger partial charge is 0.495 e. The number of fused-ring (bicyclic) bond motifs is 2. The van der Waals surface area contributed by atoms with E-state index in [1.807, 2.05) is 18.3 Å². The van der Waals surface area contributed by atoms with Crippen LogP contribution in [0.25, 0.3) is 0 Å². The molecule has 4 rings (SSSR count). The molecule has 2 heterocycles. The average molecular weight is 446 g/mol. The lowest BCUT2D eigenvalue weighted by molar-refractivity contribution is -0.0923. The number of carbonyl (C=O) groups excluding carboxylic acids is 1. The van der Waals surface area contributed by atoms with Crippen LogP contribution in [0.15, 0.2) is 48.7 Å². The maximum absolute atomic E-state index is 13.2. The lowest BCUT2D eigenvalue weighted by atomic mass is 10.0. The Balaban J connectivity index is 1.43. The first-order valence-corrected chi connectivity index (χ1v) is 10.5. The highest BCUT2D eigenvalue weighted by Gasteiger charge is 2.37. The summed E-state index contributed by atoms with van der Waals surface area (Å²) in [6.45, 7) is 3.47. The van der Waals surface area contributed by atoms with Crippen molar-refractivity contribution in [1.82, 2.24) is 9.80 Å². The van der Waals surface area contributed by atoms with Gasteiger partial charge in [0.2, 0.25) is 0 Å². The zero-order valence-corrected chi connectivity index (χ0v) is 18.0. The van der Waals surface area contributed by atoms with Crippen LogP contribution in [0.1, 0.15) is 15.9 Å². The SMILES string of the molecule is COc1cc(C(=O)C=CN2CC3COCC(C2)N3Cc2ccc(F)cc2)c(N)cc1Cl. The Kier molecular flexibility index (Phi) is 6.46. The number of carbonyl (C=O) groups is 1. The first-order valence-electron chi connectivity index (χ1n) is 10.1. The second kappa shape index (κ2) is 9.26. The number of nitrogens with zero attached hydrogens (tertiary/aromatic N) is 2. The zero-order chi connectivity index (χ0) is 22.0. The summed E-state index contributed by atoms with van der Waals surface area (Å²) in [6.07, 6.45) is 3.36. The number of nitrogen functional groups attached to an aromatic ring is 1. The van der Waals surface area contributed by atoms with Crippen LogP contribution in [-0.2, 0) is 11.3 Å². The van der Waals surface area contributed by atoms with E-state index in [9.17, 15) is 9.18 Å². The first-order chi connectivity index (χ1) is 14.9. The maximum atomic E-state index is 13.2. The van der Waals surface area contributed by atoms with Gasteiger partial charge in [-0.3, -0.25) is 9.69 Å². The Morgan fingerprint density at radius 2 is 1.94 bits per heavy atom. The van der Waals surface area contributed by atoms with E-state index in [-0.39, 0.29) is 23.7 Å². The summed E-state index contributed by atoms with van der Waals surface area (Å²) in [5.41, 5.74) is 7.72. The minimum absolute atomic E-state index is 0.193. The van der Waals surface area contributed by atoms with Gasteiger partial charge in [0, 0.05) is 43.2 Å². The fourth-order valence-electron chi connectivity index (χ4n) is 4.14. The maximum Gasteiger partial charge on any atom is 0.189 e. The Bertz CT molecular complexity index is 969. The Labute approximate surface area is 186 Å². The predicted octanol–water partition coefficient (Wildman–Crippen LogP) is 3.35. The summed E-state index contributed by atoms with van der Waals surface area (Å²) >= 11 is 6.06. The van der Waals surface area contributed by atoms with Crippen molar-refractivity contribution < 1.29 is 18.7 Å². The number of halogens is 2. The van der Waals surface area contributed by atoms with Crippen molar-refractivity contribution in [3.05, 3.63) is 70.6 Å². The number of anilines is 1. The van der Waals surface area contributed by atoms with Gasteiger partial charge in [0.05, 0.1) is 37.4 Å². The molecule has 0 aromatic heterocycles. The third-order valence-electron chi connectivity index (χ3n) is 5.75. The number of allylic oxidation sites excluding steroid dienone is 1. The van der Waals surface area contributed by atoms with Gasteiger partial charge in [-0.05, 0) is 29.8 Å². The molecule has 31 heavy (non-hydrogen) atoms. The number of morpholine rings is 1. The molecule has 0 spiro atoms. The highest BCUT2D eigenvalue weighted by atomic mass is 35.5. The predicted molar refractivity (Wildman–Crippen MR) is 118 cm³/mol.